The van der Waals surface area contributed by atoms with Crippen molar-refractivity contribution in [1.82, 2.24) is 5.32 Å². The lowest BCUT2D eigenvalue weighted by molar-refractivity contribution is 0.0967. The first-order valence-corrected chi connectivity index (χ1v) is 7.36. The maximum Gasteiger partial charge on any atom is 0.0464 e. The predicted octanol–water partition coefficient (Wildman–Crippen LogP) is 3.32. The molecule has 0 aromatic heterocycles. The van der Waals surface area contributed by atoms with E-state index in [1.54, 1.807) is 0 Å². The molecule has 1 N–H and O–H groups in total. The second-order valence-electron chi connectivity index (χ2n) is 5.83. The molecule has 4 unspecified atom stereocenters. The van der Waals surface area contributed by atoms with E-state index in [0.29, 0.717) is 0 Å². The molecule has 2 nitrogen and oxygen atoms in total. The van der Waals surface area contributed by atoms with Gasteiger partial charge >= 0.3 is 0 Å². The molecule has 4 atom stereocenters. The molecule has 1 aliphatic rings. The molecule has 102 valence electrons. The summed E-state index contributed by atoms with van der Waals surface area (Å²) in [5, 5.41) is 3.38. The van der Waals surface area contributed by atoms with Crippen LogP contribution in [0.3, 0.4) is 0 Å². The van der Waals surface area contributed by atoms with Crippen molar-refractivity contribution in [2.24, 2.45) is 23.7 Å². The highest BCUT2D eigenvalue weighted by Gasteiger charge is 2.32. The summed E-state index contributed by atoms with van der Waals surface area (Å²) in [7, 11) is 3.90. The first kappa shape index (κ1) is 15.0. The fourth-order valence-corrected chi connectivity index (χ4v) is 3.46. The predicted molar refractivity (Wildman–Crippen MR) is 74.2 cm³/mol. The molecule has 0 saturated heterocycles. The average molecular weight is 241 g/mol. The van der Waals surface area contributed by atoms with Gasteiger partial charge in [0.2, 0.25) is 0 Å². The number of methoxy groups -OCH3 is 1. The molecule has 1 rings (SSSR count). The lowest BCUT2D eigenvalue weighted by atomic mass is 9.68. The number of hydrogen-bond donors (Lipinski definition) is 1. The number of ether oxygens (including phenoxy) is 1. The molecule has 2 heteroatoms. The lowest BCUT2D eigenvalue weighted by Gasteiger charge is -2.39. The van der Waals surface area contributed by atoms with Crippen LogP contribution < -0.4 is 5.32 Å². The molecule has 0 aromatic rings. The fraction of sp³-hybridized carbons (Fsp3) is 1.00. The molecular formula is C15H31NO. The topological polar surface area (TPSA) is 21.3 Å². The summed E-state index contributed by atoms with van der Waals surface area (Å²) in [4.78, 5) is 0. The molecule has 0 amide bonds. The van der Waals surface area contributed by atoms with E-state index in [9.17, 15) is 0 Å². The molecule has 0 aromatic carbocycles. The first-order chi connectivity index (χ1) is 8.22. The van der Waals surface area contributed by atoms with Crippen molar-refractivity contribution < 1.29 is 4.74 Å². The van der Waals surface area contributed by atoms with Crippen LogP contribution in [-0.2, 0) is 4.74 Å². The van der Waals surface area contributed by atoms with Gasteiger partial charge in [0.1, 0.15) is 0 Å². The zero-order valence-electron chi connectivity index (χ0n) is 12.2. The lowest BCUT2D eigenvalue weighted by Crippen LogP contribution is -2.35. The summed E-state index contributed by atoms with van der Waals surface area (Å²) in [6, 6.07) is 0. The van der Waals surface area contributed by atoms with Crippen LogP contribution in [0.4, 0.5) is 0 Å². The van der Waals surface area contributed by atoms with Crippen molar-refractivity contribution in [3.05, 3.63) is 0 Å². The molecule has 0 bridgehead atoms. The highest BCUT2D eigenvalue weighted by atomic mass is 16.5. The Morgan fingerprint density at radius 1 is 1.35 bits per heavy atom. The van der Waals surface area contributed by atoms with Gasteiger partial charge in [-0.2, -0.15) is 0 Å². The molecule has 0 radical (unpaired) electrons. The zero-order valence-corrected chi connectivity index (χ0v) is 12.2. The molecule has 0 heterocycles. The third-order valence-corrected chi connectivity index (χ3v) is 4.71. The Morgan fingerprint density at radius 3 is 2.71 bits per heavy atom. The largest absolute Gasteiger partial charge is 0.385 e. The highest BCUT2D eigenvalue weighted by Crippen LogP contribution is 2.40. The fourth-order valence-electron chi connectivity index (χ4n) is 3.46. The Labute approximate surface area is 108 Å². The number of hydrogen-bond acceptors (Lipinski definition) is 2. The second kappa shape index (κ2) is 8.10. The number of nitrogens with one attached hydrogen (secondary N) is 1. The zero-order chi connectivity index (χ0) is 12.7. The van der Waals surface area contributed by atoms with E-state index in [-0.39, 0.29) is 0 Å². The Balaban J connectivity index is 2.52. The Morgan fingerprint density at radius 2 is 2.12 bits per heavy atom. The van der Waals surface area contributed by atoms with Crippen LogP contribution in [0.1, 0.15) is 46.0 Å². The van der Waals surface area contributed by atoms with Crippen LogP contribution in [0.5, 0.6) is 0 Å². The van der Waals surface area contributed by atoms with Crippen LogP contribution in [0, 0.1) is 23.7 Å². The van der Waals surface area contributed by atoms with E-state index in [1.807, 2.05) is 7.11 Å². The molecule has 1 saturated carbocycles. The van der Waals surface area contributed by atoms with E-state index in [2.05, 4.69) is 26.2 Å². The summed E-state index contributed by atoms with van der Waals surface area (Å²) < 4.78 is 5.24. The quantitative estimate of drug-likeness (QED) is 0.738. The molecule has 1 aliphatic carbocycles. The molecule has 1 fully saturated rings. The first-order valence-electron chi connectivity index (χ1n) is 7.36. The van der Waals surface area contributed by atoms with Crippen molar-refractivity contribution in [1.29, 1.82) is 0 Å². The van der Waals surface area contributed by atoms with Gasteiger partial charge < -0.3 is 10.1 Å². The smallest absolute Gasteiger partial charge is 0.0464 e. The molecule has 0 spiro atoms. The average Bonchev–Trinajstić information content (AvgIpc) is 2.36. The van der Waals surface area contributed by atoms with Gasteiger partial charge in [0.15, 0.2) is 0 Å². The minimum Gasteiger partial charge on any atom is -0.385 e. The van der Waals surface area contributed by atoms with E-state index in [0.717, 1.165) is 30.3 Å². The third-order valence-electron chi connectivity index (χ3n) is 4.71. The Kier molecular flexibility index (Phi) is 7.14. The number of rotatable bonds is 7. The van der Waals surface area contributed by atoms with Gasteiger partial charge in [-0.1, -0.05) is 26.7 Å². The van der Waals surface area contributed by atoms with Crippen molar-refractivity contribution in [3.8, 4) is 0 Å². The van der Waals surface area contributed by atoms with Gasteiger partial charge in [0.25, 0.3) is 0 Å². The van der Waals surface area contributed by atoms with E-state index in [1.165, 1.54) is 38.6 Å². The summed E-state index contributed by atoms with van der Waals surface area (Å²) in [6.07, 6.45) is 6.88. The van der Waals surface area contributed by atoms with E-state index in [4.69, 9.17) is 4.74 Å². The van der Waals surface area contributed by atoms with Gasteiger partial charge in [0.05, 0.1) is 0 Å². The van der Waals surface area contributed by atoms with Crippen molar-refractivity contribution >= 4 is 0 Å². The summed E-state index contributed by atoms with van der Waals surface area (Å²) in [5.74, 6) is 3.56. The summed E-state index contributed by atoms with van der Waals surface area (Å²) in [6.45, 7) is 6.88. The van der Waals surface area contributed by atoms with Crippen LogP contribution in [-0.4, -0.2) is 27.3 Å². The summed E-state index contributed by atoms with van der Waals surface area (Å²) in [5.41, 5.74) is 0. The maximum atomic E-state index is 5.24. The Hall–Kier alpha value is -0.0800. The van der Waals surface area contributed by atoms with Gasteiger partial charge in [0, 0.05) is 13.7 Å². The SMILES string of the molecule is CCC1CCC(CNC)C(C(C)CCOC)C1. The van der Waals surface area contributed by atoms with Crippen LogP contribution in [0.15, 0.2) is 0 Å². The third kappa shape index (κ3) is 4.59. The van der Waals surface area contributed by atoms with Gasteiger partial charge in [-0.15, -0.1) is 0 Å². The standard InChI is InChI=1S/C15H31NO/c1-5-13-6-7-14(11-16-3)15(10-13)12(2)8-9-17-4/h12-16H,5-11H2,1-4H3. The normalized spacial score (nSPS) is 31.4. The van der Waals surface area contributed by atoms with E-state index >= 15 is 0 Å². The van der Waals surface area contributed by atoms with E-state index < -0.39 is 0 Å². The van der Waals surface area contributed by atoms with Crippen LogP contribution >= 0.6 is 0 Å². The van der Waals surface area contributed by atoms with Gasteiger partial charge in [-0.05, 0) is 56.5 Å². The van der Waals surface area contributed by atoms with Crippen molar-refractivity contribution in [2.45, 2.75) is 46.0 Å². The molecule has 0 aliphatic heterocycles. The van der Waals surface area contributed by atoms with Crippen molar-refractivity contribution in [2.75, 3.05) is 27.3 Å². The second-order valence-corrected chi connectivity index (χ2v) is 5.83. The van der Waals surface area contributed by atoms with Gasteiger partial charge in [-0.25, -0.2) is 0 Å². The highest BCUT2D eigenvalue weighted by molar-refractivity contribution is 4.83. The van der Waals surface area contributed by atoms with Crippen LogP contribution in [0.2, 0.25) is 0 Å². The van der Waals surface area contributed by atoms with Crippen molar-refractivity contribution in [3.63, 3.8) is 0 Å². The van der Waals surface area contributed by atoms with Crippen LogP contribution in [0.25, 0.3) is 0 Å². The minimum absolute atomic E-state index is 0.808. The minimum atomic E-state index is 0.808. The molecular weight excluding hydrogens is 210 g/mol. The monoisotopic (exact) mass is 241 g/mol. The molecule has 17 heavy (non-hydrogen) atoms. The summed E-state index contributed by atoms with van der Waals surface area (Å²) >= 11 is 0. The van der Waals surface area contributed by atoms with Gasteiger partial charge in [-0.3, -0.25) is 0 Å². The Bertz CT molecular complexity index is 195. The maximum absolute atomic E-state index is 5.24.